The van der Waals surface area contributed by atoms with Crippen LogP contribution in [-0.2, 0) is 6.61 Å². The normalized spacial score (nSPS) is 10.8. The molecule has 0 bridgehead atoms. The lowest BCUT2D eigenvalue weighted by Crippen LogP contribution is -2.13. The fourth-order valence-corrected chi connectivity index (χ4v) is 1.63. The molecule has 0 fully saturated rings. The molecule has 1 rings (SSSR count). The molecular weight excluding hydrogens is 258 g/mol. The van der Waals surface area contributed by atoms with Crippen molar-refractivity contribution in [3.8, 4) is 23.3 Å². The van der Waals surface area contributed by atoms with E-state index in [9.17, 15) is 5.11 Å². The molecule has 0 heterocycles. The van der Waals surface area contributed by atoms with Crippen LogP contribution in [0, 0.1) is 16.7 Å². The lowest BCUT2D eigenvalue weighted by atomic mass is 9.92. The Labute approximate surface area is 119 Å². The third-order valence-corrected chi connectivity index (χ3v) is 2.98. The summed E-state index contributed by atoms with van der Waals surface area (Å²) in [5.74, 6) is 1.49. The molecule has 110 valence electrons. The van der Waals surface area contributed by atoms with Crippen LogP contribution >= 0.6 is 0 Å². The Morgan fingerprint density at radius 2 is 1.75 bits per heavy atom. The first-order chi connectivity index (χ1) is 9.47. The van der Waals surface area contributed by atoms with E-state index in [1.807, 2.05) is 13.8 Å². The average Bonchev–Trinajstić information content (AvgIpc) is 2.46. The van der Waals surface area contributed by atoms with Gasteiger partial charge in [0.05, 0.1) is 38.9 Å². The number of aliphatic hydroxyl groups is 1. The topological polar surface area (TPSA) is 71.7 Å². The quantitative estimate of drug-likeness (QED) is 0.830. The summed E-state index contributed by atoms with van der Waals surface area (Å²) in [7, 11) is 3.06. The van der Waals surface area contributed by atoms with Crippen molar-refractivity contribution < 1.29 is 19.3 Å². The summed E-state index contributed by atoms with van der Waals surface area (Å²) in [4.78, 5) is 0. The zero-order valence-electron chi connectivity index (χ0n) is 12.4. The van der Waals surface area contributed by atoms with Gasteiger partial charge in [0.1, 0.15) is 0 Å². The van der Waals surface area contributed by atoms with E-state index in [0.717, 1.165) is 0 Å². The molecule has 0 aliphatic heterocycles. The summed E-state index contributed by atoms with van der Waals surface area (Å²) in [6.07, 6.45) is 0.595. The van der Waals surface area contributed by atoms with Crippen LogP contribution in [0.2, 0.25) is 0 Å². The molecule has 1 N–H and O–H groups in total. The summed E-state index contributed by atoms with van der Waals surface area (Å²) >= 11 is 0. The Hall–Kier alpha value is -1.93. The molecule has 0 aromatic heterocycles. The maximum Gasteiger partial charge on any atom is 0.203 e. The predicted octanol–water partition coefficient (Wildman–Crippen LogP) is 2.51. The van der Waals surface area contributed by atoms with Crippen LogP contribution in [0.4, 0.5) is 0 Å². The molecule has 0 radical (unpaired) electrons. The van der Waals surface area contributed by atoms with Gasteiger partial charge in [-0.15, -0.1) is 0 Å². The van der Waals surface area contributed by atoms with Gasteiger partial charge < -0.3 is 19.3 Å². The van der Waals surface area contributed by atoms with E-state index in [2.05, 4.69) is 6.07 Å². The summed E-state index contributed by atoms with van der Waals surface area (Å²) in [5, 5.41) is 18.2. The van der Waals surface area contributed by atoms with Crippen molar-refractivity contribution in [1.29, 1.82) is 5.26 Å². The van der Waals surface area contributed by atoms with Crippen molar-refractivity contribution in [2.45, 2.75) is 26.9 Å². The minimum Gasteiger partial charge on any atom is -0.493 e. The van der Waals surface area contributed by atoms with E-state index in [4.69, 9.17) is 19.5 Å². The second-order valence-electron chi connectivity index (χ2n) is 5.08. The van der Waals surface area contributed by atoms with Gasteiger partial charge in [-0.3, -0.25) is 0 Å². The minimum absolute atomic E-state index is 0.103. The largest absolute Gasteiger partial charge is 0.493 e. The van der Waals surface area contributed by atoms with Gasteiger partial charge in [0.15, 0.2) is 11.5 Å². The van der Waals surface area contributed by atoms with Crippen molar-refractivity contribution >= 4 is 0 Å². The van der Waals surface area contributed by atoms with Gasteiger partial charge in [0, 0.05) is 0 Å². The van der Waals surface area contributed by atoms with Crippen LogP contribution in [-0.4, -0.2) is 25.9 Å². The molecule has 5 heteroatoms. The third kappa shape index (κ3) is 4.04. The van der Waals surface area contributed by atoms with Crippen molar-refractivity contribution in [2.75, 3.05) is 20.8 Å². The summed E-state index contributed by atoms with van der Waals surface area (Å²) in [6, 6.07) is 5.63. The van der Waals surface area contributed by atoms with E-state index in [1.165, 1.54) is 14.2 Å². The van der Waals surface area contributed by atoms with Gasteiger partial charge in [0.25, 0.3) is 0 Å². The number of nitriles is 1. The summed E-state index contributed by atoms with van der Waals surface area (Å²) in [6.45, 7) is 4.00. The molecule has 0 saturated heterocycles. The highest BCUT2D eigenvalue weighted by atomic mass is 16.5. The second-order valence-corrected chi connectivity index (χ2v) is 5.08. The van der Waals surface area contributed by atoms with Crippen LogP contribution in [0.3, 0.4) is 0 Å². The third-order valence-electron chi connectivity index (χ3n) is 2.98. The van der Waals surface area contributed by atoms with Crippen molar-refractivity contribution in [1.82, 2.24) is 0 Å². The second kappa shape index (κ2) is 7.01. The van der Waals surface area contributed by atoms with Crippen molar-refractivity contribution in [3.05, 3.63) is 17.7 Å². The van der Waals surface area contributed by atoms with Crippen molar-refractivity contribution in [2.24, 2.45) is 5.41 Å². The molecule has 20 heavy (non-hydrogen) atoms. The van der Waals surface area contributed by atoms with Gasteiger partial charge in [-0.1, -0.05) is 0 Å². The molecule has 0 aliphatic rings. The highest BCUT2D eigenvalue weighted by Crippen LogP contribution is 2.39. The van der Waals surface area contributed by atoms with E-state index >= 15 is 0 Å². The van der Waals surface area contributed by atoms with Crippen LogP contribution in [0.5, 0.6) is 17.2 Å². The number of nitrogens with zero attached hydrogens (tertiary/aromatic N) is 1. The molecule has 0 aliphatic carbocycles. The molecule has 0 amide bonds. The first-order valence-electron chi connectivity index (χ1n) is 6.37. The minimum atomic E-state index is -0.439. The zero-order chi connectivity index (χ0) is 15.2. The lowest BCUT2D eigenvalue weighted by Gasteiger charge is -2.18. The Bertz CT molecular complexity index is 466. The number of hydrogen-bond donors (Lipinski definition) is 1. The van der Waals surface area contributed by atoms with Crippen LogP contribution in [0.25, 0.3) is 0 Å². The van der Waals surface area contributed by atoms with E-state index in [-0.39, 0.29) is 6.61 Å². The van der Waals surface area contributed by atoms with Gasteiger partial charge in [-0.05, 0) is 38.0 Å². The highest BCUT2D eigenvalue weighted by molar-refractivity contribution is 5.53. The standard InChI is InChI=1S/C15H21NO4/c1-15(2,10-16)5-6-20-14-12(18-3)7-11(9-17)8-13(14)19-4/h7-8,17H,5-6,9H2,1-4H3. The van der Waals surface area contributed by atoms with Gasteiger partial charge >= 0.3 is 0 Å². The number of ether oxygens (including phenoxy) is 3. The fourth-order valence-electron chi connectivity index (χ4n) is 1.63. The Kier molecular flexibility index (Phi) is 5.66. The zero-order valence-corrected chi connectivity index (χ0v) is 12.4. The molecule has 0 atom stereocenters. The smallest absolute Gasteiger partial charge is 0.203 e. The number of aliphatic hydroxyl groups excluding tert-OH is 1. The molecule has 0 saturated carbocycles. The first kappa shape index (κ1) is 16.1. The van der Waals surface area contributed by atoms with Crippen LogP contribution in [0.15, 0.2) is 12.1 Å². The van der Waals surface area contributed by atoms with Crippen LogP contribution in [0.1, 0.15) is 25.8 Å². The maximum atomic E-state index is 9.20. The molecular formula is C15H21NO4. The van der Waals surface area contributed by atoms with Gasteiger partial charge in [-0.25, -0.2) is 0 Å². The summed E-state index contributed by atoms with van der Waals surface area (Å²) in [5.41, 5.74) is 0.245. The van der Waals surface area contributed by atoms with E-state index in [1.54, 1.807) is 12.1 Å². The SMILES string of the molecule is COc1cc(CO)cc(OC)c1OCCC(C)(C)C#N. The van der Waals surface area contributed by atoms with E-state index < -0.39 is 5.41 Å². The molecule has 0 spiro atoms. The monoisotopic (exact) mass is 279 g/mol. The number of benzene rings is 1. The Morgan fingerprint density at radius 3 is 2.15 bits per heavy atom. The number of rotatable bonds is 7. The van der Waals surface area contributed by atoms with Crippen LogP contribution < -0.4 is 14.2 Å². The Morgan fingerprint density at radius 1 is 1.20 bits per heavy atom. The first-order valence-corrected chi connectivity index (χ1v) is 6.37. The van der Waals surface area contributed by atoms with E-state index in [0.29, 0.717) is 35.8 Å². The Balaban J connectivity index is 2.91. The molecule has 5 nitrogen and oxygen atoms in total. The molecule has 1 aromatic rings. The number of hydrogen-bond acceptors (Lipinski definition) is 5. The molecule has 0 unspecified atom stereocenters. The maximum absolute atomic E-state index is 9.20. The fraction of sp³-hybridized carbons (Fsp3) is 0.533. The predicted molar refractivity (Wildman–Crippen MR) is 75.0 cm³/mol. The lowest BCUT2D eigenvalue weighted by molar-refractivity contribution is 0.239. The number of methoxy groups -OCH3 is 2. The average molecular weight is 279 g/mol. The van der Waals surface area contributed by atoms with Crippen molar-refractivity contribution in [3.63, 3.8) is 0 Å². The van der Waals surface area contributed by atoms with Gasteiger partial charge in [0.2, 0.25) is 5.75 Å². The summed E-state index contributed by atoms with van der Waals surface area (Å²) < 4.78 is 16.2. The van der Waals surface area contributed by atoms with Gasteiger partial charge in [-0.2, -0.15) is 5.26 Å². The highest BCUT2D eigenvalue weighted by Gasteiger charge is 2.19. The molecule has 1 aromatic carbocycles.